The summed E-state index contributed by atoms with van der Waals surface area (Å²) in [6.45, 7) is 3.68. The fourth-order valence-electron chi connectivity index (χ4n) is 2.03. The van der Waals surface area contributed by atoms with Gasteiger partial charge in [-0.3, -0.25) is 9.69 Å². The third-order valence-electron chi connectivity index (χ3n) is 3.09. The third-order valence-corrected chi connectivity index (χ3v) is 3.09. The van der Waals surface area contributed by atoms with Crippen LogP contribution in [-0.4, -0.2) is 41.5 Å². The van der Waals surface area contributed by atoms with E-state index in [0.717, 1.165) is 13.0 Å². The van der Waals surface area contributed by atoms with E-state index in [1.54, 1.807) is 6.07 Å². The average molecular weight is 252 g/mol. The zero-order valence-electron chi connectivity index (χ0n) is 10.2. The summed E-state index contributed by atoms with van der Waals surface area (Å²) in [5.74, 6) is -0.593. The highest BCUT2D eigenvalue weighted by Gasteiger charge is 2.23. The van der Waals surface area contributed by atoms with E-state index in [9.17, 15) is 9.59 Å². The molecular formula is C12H16N2O4. The number of rotatable bonds is 3. The molecule has 0 radical (unpaired) electrons. The molecule has 2 rings (SSSR count). The molecule has 1 unspecified atom stereocenters. The second-order valence-corrected chi connectivity index (χ2v) is 4.36. The van der Waals surface area contributed by atoms with Crippen LogP contribution in [-0.2, 0) is 4.79 Å². The summed E-state index contributed by atoms with van der Waals surface area (Å²) in [5.41, 5.74) is 0. The number of nitrogens with zero attached hydrogens (tertiary/aromatic N) is 1. The number of aromatic carboxylic acids is 1. The van der Waals surface area contributed by atoms with Crippen molar-refractivity contribution in [2.45, 2.75) is 19.4 Å². The van der Waals surface area contributed by atoms with E-state index < -0.39 is 5.97 Å². The summed E-state index contributed by atoms with van der Waals surface area (Å²) >= 11 is 0. The first kappa shape index (κ1) is 12.6. The first-order chi connectivity index (χ1) is 8.58. The number of carboxylic acids is 1. The van der Waals surface area contributed by atoms with Gasteiger partial charge in [-0.1, -0.05) is 0 Å². The Labute approximate surface area is 105 Å². The van der Waals surface area contributed by atoms with Crippen LogP contribution < -0.4 is 5.32 Å². The zero-order chi connectivity index (χ0) is 13.1. The minimum Gasteiger partial charge on any atom is -0.475 e. The smallest absolute Gasteiger partial charge is 0.371 e. The maximum absolute atomic E-state index is 11.5. The molecule has 0 spiro atoms. The van der Waals surface area contributed by atoms with Gasteiger partial charge in [-0.15, -0.1) is 0 Å². The summed E-state index contributed by atoms with van der Waals surface area (Å²) in [7, 11) is 0. The quantitative estimate of drug-likeness (QED) is 0.833. The van der Waals surface area contributed by atoms with Crippen LogP contribution in [0.4, 0.5) is 0 Å². The molecule has 6 heteroatoms. The Kier molecular flexibility index (Phi) is 3.66. The highest BCUT2D eigenvalue weighted by molar-refractivity contribution is 5.84. The number of hydrogen-bond acceptors (Lipinski definition) is 4. The first-order valence-corrected chi connectivity index (χ1v) is 5.91. The van der Waals surface area contributed by atoms with Gasteiger partial charge in [0.2, 0.25) is 11.7 Å². The van der Waals surface area contributed by atoms with E-state index in [1.165, 1.54) is 6.07 Å². The van der Waals surface area contributed by atoms with Crippen molar-refractivity contribution in [1.29, 1.82) is 0 Å². The number of hydrogen-bond donors (Lipinski definition) is 2. The van der Waals surface area contributed by atoms with Crippen molar-refractivity contribution in [3.63, 3.8) is 0 Å². The van der Waals surface area contributed by atoms with Crippen molar-refractivity contribution >= 4 is 11.9 Å². The Morgan fingerprint density at radius 2 is 2.33 bits per heavy atom. The van der Waals surface area contributed by atoms with Gasteiger partial charge in [0.1, 0.15) is 5.76 Å². The molecule has 1 fully saturated rings. The molecule has 1 aliphatic heterocycles. The second kappa shape index (κ2) is 5.22. The van der Waals surface area contributed by atoms with Crippen LogP contribution >= 0.6 is 0 Å². The minimum absolute atomic E-state index is 0.00985. The van der Waals surface area contributed by atoms with Gasteiger partial charge < -0.3 is 14.8 Å². The van der Waals surface area contributed by atoms with Gasteiger partial charge in [-0.25, -0.2) is 4.79 Å². The molecule has 0 bridgehead atoms. The summed E-state index contributed by atoms with van der Waals surface area (Å²) in [6.07, 6.45) is 0.878. The molecular weight excluding hydrogens is 236 g/mol. The SMILES string of the molecule is CC(c1ccc(C(=O)O)o1)N1CCCNC(=O)C1. The molecule has 98 valence electrons. The number of carboxylic acid groups (broad SMARTS) is 1. The Morgan fingerprint density at radius 1 is 1.56 bits per heavy atom. The molecule has 2 N–H and O–H groups in total. The lowest BCUT2D eigenvalue weighted by Crippen LogP contribution is -2.34. The molecule has 1 aliphatic rings. The van der Waals surface area contributed by atoms with E-state index >= 15 is 0 Å². The Bertz CT molecular complexity index is 455. The number of nitrogens with one attached hydrogen (secondary N) is 1. The van der Waals surface area contributed by atoms with Crippen LogP contribution in [0, 0.1) is 0 Å². The highest BCUT2D eigenvalue weighted by Crippen LogP contribution is 2.23. The summed E-state index contributed by atoms with van der Waals surface area (Å²) < 4.78 is 5.26. The van der Waals surface area contributed by atoms with Gasteiger partial charge in [0.15, 0.2) is 0 Å². The average Bonchev–Trinajstić information content (AvgIpc) is 2.72. The van der Waals surface area contributed by atoms with Crippen LogP contribution in [0.2, 0.25) is 0 Å². The van der Waals surface area contributed by atoms with E-state index in [-0.39, 0.29) is 17.7 Å². The van der Waals surface area contributed by atoms with Crippen molar-refractivity contribution in [2.24, 2.45) is 0 Å². The summed E-state index contributed by atoms with van der Waals surface area (Å²) in [5, 5.41) is 11.6. The highest BCUT2D eigenvalue weighted by atomic mass is 16.4. The number of carbonyl (C=O) groups excluding carboxylic acids is 1. The largest absolute Gasteiger partial charge is 0.475 e. The molecule has 1 aromatic rings. The van der Waals surface area contributed by atoms with Crippen LogP contribution in [0.5, 0.6) is 0 Å². The van der Waals surface area contributed by atoms with Gasteiger partial charge >= 0.3 is 5.97 Å². The summed E-state index contributed by atoms with van der Waals surface area (Å²) in [6, 6.07) is 2.98. The lowest BCUT2D eigenvalue weighted by Gasteiger charge is -2.24. The van der Waals surface area contributed by atoms with Gasteiger partial charge in [0.05, 0.1) is 12.6 Å². The molecule has 0 aromatic carbocycles. The number of amides is 1. The molecule has 1 saturated heterocycles. The first-order valence-electron chi connectivity index (χ1n) is 5.91. The Balaban J connectivity index is 2.11. The van der Waals surface area contributed by atoms with E-state index in [2.05, 4.69) is 5.32 Å². The lowest BCUT2D eigenvalue weighted by molar-refractivity contribution is -0.121. The Morgan fingerprint density at radius 3 is 3.00 bits per heavy atom. The van der Waals surface area contributed by atoms with Gasteiger partial charge in [-0.2, -0.15) is 0 Å². The zero-order valence-corrected chi connectivity index (χ0v) is 10.2. The summed E-state index contributed by atoms with van der Waals surface area (Å²) in [4.78, 5) is 24.2. The standard InChI is InChI=1S/C12H16N2O4/c1-8(9-3-4-10(18-9)12(16)17)14-6-2-5-13-11(15)7-14/h3-4,8H,2,5-7H2,1H3,(H,13,15)(H,16,17). The number of carbonyl (C=O) groups is 2. The van der Waals surface area contributed by atoms with E-state index in [4.69, 9.17) is 9.52 Å². The predicted octanol–water partition coefficient (Wildman–Crippen LogP) is 0.861. The predicted molar refractivity (Wildman–Crippen MR) is 63.3 cm³/mol. The molecule has 0 aliphatic carbocycles. The monoisotopic (exact) mass is 252 g/mol. The lowest BCUT2D eigenvalue weighted by atomic mass is 10.2. The molecule has 0 saturated carbocycles. The van der Waals surface area contributed by atoms with Crippen LogP contribution in [0.25, 0.3) is 0 Å². The van der Waals surface area contributed by atoms with Crippen molar-refractivity contribution in [3.05, 3.63) is 23.7 Å². The topological polar surface area (TPSA) is 82.8 Å². The van der Waals surface area contributed by atoms with Crippen LogP contribution in [0.15, 0.2) is 16.5 Å². The van der Waals surface area contributed by atoms with Crippen molar-refractivity contribution < 1.29 is 19.1 Å². The number of furan rings is 1. The molecule has 2 heterocycles. The fourth-order valence-corrected chi connectivity index (χ4v) is 2.03. The van der Waals surface area contributed by atoms with E-state index in [1.807, 2.05) is 11.8 Å². The normalized spacial score (nSPS) is 19.1. The molecule has 1 aromatic heterocycles. The van der Waals surface area contributed by atoms with Gasteiger partial charge in [0.25, 0.3) is 0 Å². The minimum atomic E-state index is -1.08. The molecule has 1 amide bonds. The molecule has 18 heavy (non-hydrogen) atoms. The van der Waals surface area contributed by atoms with Gasteiger partial charge in [0, 0.05) is 13.1 Å². The second-order valence-electron chi connectivity index (χ2n) is 4.36. The van der Waals surface area contributed by atoms with Crippen molar-refractivity contribution in [1.82, 2.24) is 10.2 Å². The third kappa shape index (κ3) is 2.70. The fraction of sp³-hybridized carbons (Fsp3) is 0.500. The molecule has 1 atom stereocenters. The van der Waals surface area contributed by atoms with Crippen LogP contribution in [0.1, 0.15) is 35.7 Å². The molecule has 6 nitrogen and oxygen atoms in total. The van der Waals surface area contributed by atoms with Gasteiger partial charge in [-0.05, 0) is 25.5 Å². The Hall–Kier alpha value is -1.82. The maximum atomic E-state index is 11.5. The van der Waals surface area contributed by atoms with Crippen molar-refractivity contribution in [3.8, 4) is 0 Å². The van der Waals surface area contributed by atoms with E-state index in [0.29, 0.717) is 18.8 Å². The van der Waals surface area contributed by atoms with Crippen LogP contribution in [0.3, 0.4) is 0 Å². The maximum Gasteiger partial charge on any atom is 0.371 e. The van der Waals surface area contributed by atoms with Crippen molar-refractivity contribution in [2.75, 3.05) is 19.6 Å².